The Hall–Kier alpha value is -1.59. The minimum atomic E-state index is -1.24. The Morgan fingerprint density at radius 2 is 2.17 bits per heavy atom. The molecular formula is C13H16N4O5S. The second-order valence-electron chi connectivity index (χ2n) is 5.22. The molecule has 23 heavy (non-hydrogen) atoms. The summed E-state index contributed by atoms with van der Waals surface area (Å²) in [5, 5.41) is 34.5. The van der Waals surface area contributed by atoms with Crippen molar-refractivity contribution in [1.82, 2.24) is 19.7 Å². The number of Topliss-reactive ketones (excluding diaryl/α,β-unsaturated/α-hetero) is 1. The molecule has 3 N–H and O–H groups in total. The van der Waals surface area contributed by atoms with E-state index < -0.39 is 31.1 Å². The van der Waals surface area contributed by atoms with Crippen LogP contribution in [-0.4, -0.2) is 71.5 Å². The fourth-order valence-corrected chi connectivity index (χ4v) is 3.16. The molecule has 3 heterocycles. The third kappa shape index (κ3) is 2.95. The predicted molar refractivity (Wildman–Crippen MR) is 79.7 cm³/mol. The first kappa shape index (κ1) is 16.3. The molecule has 0 bridgehead atoms. The lowest BCUT2D eigenvalue weighted by molar-refractivity contribution is -0.114. The molecule has 9 nitrogen and oxygen atoms in total. The molecule has 4 atom stereocenters. The summed E-state index contributed by atoms with van der Waals surface area (Å²) < 4.78 is 6.80. The third-order valence-electron chi connectivity index (χ3n) is 3.52. The number of rotatable bonds is 5. The molecule has 3 rings (SSSR count). The molecule has 10 heteroatoms. The van der Waals surface area contributed by atoms with E-state index in [1.807, 2.05) is 0 Å². The molecule has 0 saturated carbocycles. The molecule has 1 aliphatic heterocycles. The van der Waals surface area contributed by atoms with Gasteiger partial charge in [-0.2, -0.15) is 5.10 Å². The van der Waals surface area contributed by atoms with E-state index in [1.165, 1.54) is 35.9 Å². The molecule has 0 aliphatic carbocycles. The highest BCUT2D eigenvalue weighted by Crippen LogP contribution is 2.32. The highest BCUT2D eigenvalue weighted by atomic mass is 32.2. The lowest BCUT2D eigenvalue weighted by Gasteiger charge is -2.15. The van der Waals surface area contributed by atoms with Crippen LogP contribution in [0.5, 0.6) is 0 Å². The summed E-state index contributed by atoms with van der Waals surface area (Å²) >= 11 is 1.27. The van der Waals surface area contributed by atoms with Gasteiger partial charge in [0.25, 0.3) is 0 Å². The van der Waals surface area contributed by atoms with Gasteiger partial charge in [0.15, 0.2) is 11.9 Å². The van der Waals surface area contributed by atoms with Crippen molar-refractivity contribution < 1.29 is 24.9 Å². The highest BCUT2D eigenvalue weighted by molar-refractivity contribution is 8.00. The van der Waals surface area contributed by atoms with Crippen LogP contribution in [0.3, 0.4) is 0 Å². The lowest BCUT2D eigenvalue weighted by atomic mass is 10.1. The molecule has 1 aliphatic rings. The van der Waals surface area contributed by atoms with Crippen molar-refractivity contribution in [1.29, 1.82) is 0 Å². The number of ether oxygens (including phenoxy) is 1. The Morgan fingerprint density at radius 1 is 1.39 bits per heavy atom. The molecule has 2 aromatic rings. The number of aliphatic hydroxyl groups excluding tert-OH is 3. The second kappa shape index (κ2) is 6.49. The zero-order valence-electron chi connectivity index (χ0n) is 12.2. The smallest absolute Gasteiger partial charge is 0.181 e. The van der Waals surface area contributed by atoms with E-state index in [2.05, 4.69) is 15.1 Å². The lowest BCUT2D eigenvalue weighted by Crippen LogP contribution is -2.33. The molecule has 1 saturated heterocycles. The summed E-state index contributed by atoms with van der Waals surface area (Å²) in [6.07, 6.45) is -1.43. The van der Waals surface area contributed by atoms with Gasteiger partial charge >= 0.3 is 0 Å². The number of carbonyl (C=O) groups is 1. The summed E-state index contributed by atoms with van der Waals surface area (Å²) in [4.78, 5) is 19.4. The minimum Gasteiger partial charge on any atom is -0.394 e. The number of hydrogen-bond donors (Lipinski definition) is 3. The second-order valence-corrected chi connectivity index (χ2v) is 6.19. The van der Waals surface area contributed by atoms with Gasteiger partial charge in [-0.3, -0.25) is 4.79 Å². The van der Waals surface area contributed by atoms with Crippen LogP contribution in [0.4, 0.5) is 0 Å². The standard InChI is InChI=1S/C13H16N4O5S/c1-6(19)4-23-12-7-2-16-17(11(7)14-5-15-12)13-10(21)9(20)8(3-18)22-13/h2,5,8-10,13,18,20-21H,3-4H2,1H3/t8-,9-,10-,13?/m1/s1. The largest absolute Gasteiger partial charge is 0.394 e. The van der Waals surface area contributed by atoms with E-state index in [1.54, 1.807) is 0 Å². The van der Waals surface area contributed by atoms with Crippen molar-refractivity contribution in [3.05, 3.63) is 12.5 Å². The van der Waals surface area contributed by atoms with Crippen molar-refractivity contribution >= 4 is 28.6 Å². The summed E-state index contributed by atoms with van der Waals surface area (Å²) in [6, 6.07) is 0. The maximum absolute atomic E-state index is 11.1. The van der Waals surface area contributed by atoms with Crippen molar-refractivity contribution in [3.8, 4) is 0 Å². The molecule has 1 unspecified atom stereocenters. The molecule has 0 spiro atoms. The molecule has 124 valence electrons. The number of nitrogens with zero attached hydrogens (tertiary/aromatic N) is 4. The Bertz CT molecular complexity index is 723. The topological polar surface area (TPSA) is 131 Å². The van der Waals surface area contributed by atoms with E-state index in [4.69, 9.17) is 9.84 Å². The van der Waals surface area contributed by atoms with Crippen LogP contribution < -0.4 is 0 Å². The Kier molecular flexibility index (Phi) is 4.60. The summed E-state index contributed by atoms with van der Waals surface area (Å²) in [5.41, 5.74) is 0.417. The average molecular weight is 340 g/mol. The maximum Gasteiger partial charge on any atom is 0.181 e. The highest BCUT2D eigenvalue weighted by Gasteiger charge is 2.44. The van der Waals surface area contributed by atoms with E-state index in [9.17, 15) is 15.0 Å². The van der Waals surface area contributed by atoms with Crippen molar-refractivity contribution in [3.63, 3.8) is 0 Å². The van der Waals surface area contributed by atoms with Gasteiger partial charge in [0, 0.05) is 0 Å². The number of carbonyl (C=O) groups excluding carboxylic acids is 1. The van der Waals surface area contributed by atoms with E-state index in [0.717, 1.165) is 0 Å². The molecule has 0 radical (unpaired) electrons. The number of ketones is 1. The van der Waals surface area contributed by atoms with E-state index >= 15 is 0 Å². The monoisotopic (exact) mass is 340 g/mol. The molecular weight excluding hydrogens is 324 g/mol. The van der Waals surface area contributed by atoms with Crippen LogP contribution in [0.2, 0.25) is 0 Å². The average Bonchev–Trinajstić information content (AvgIpc) is 3.08. The SMILES string of the molecule is CC(=O)CSc1ncnc2c1cnn2C1O[C@H](CO)[C@@H](O)[C@H]1O. The van der Waals surface area contributed by atoms with Crippen LogP contribution in [0.25, 0.3) is 11.0 Å². The van der Waals surface area contributed by atoms with Gasteiger partial charge in [0.05, 0.1) is 23.9 Å². The van der Waals surface area contributed by atoms with E-state index in [-0.39, 0.29) is 11.5 Å². The number of hydrogen-bond acceptors (Lipinski definition) is 9. The first-order valence-corrected chi connectivity index (χ1v) is 7.94. The predicted octanol–water partition coefficient (Wildman–Crippen LogP) is -0.881. The first-order chi connectivity index (χ1) is 11.0. The van der Waals surface area contributed by atoms with Gasteiger partial charge in [-0.25, -0.2) is 14.6 Å². The van der Waals surface area contributed by atoms with Gasteiger partial charge in [-0.1, -0.05) is 11.8 Å². The fraction of sp³-hybridized carbons (Fsp3) is 0.538. The summed E-state index contributed by atoms with van der Waals surface area (Å²) in [7, 11) is 0. The number of thioether (sulfide) groups is 1. The summed E-state index contributed by atoms with van der Waals surface area (Å²) in [5.74, 6) is 0.308. The zero-order chi connectivity index (χ0) is 16.6. The summed E-state index contributed by atoms with van der Waals surface area (Å²) in [6.45, 7) is 1.08. The van der Waals surface area contributed by atoms with Gasteiger partial charge in [-0.15, -0.1) is 0 Å². The van der Waals surface area contributed by atoms with Crippen LogP contribution >= 0.6 is 11.8 Å². The zero-order valence-corrected chi connectivity index (χ0v) is 13.1. The van der Waals surface area contributed by atoms with Gasteiger partial charge < -0.3 is 20.1 Å². The minimum absolute atomic E-state index is 0.0256. The molecule has 0 aromatic carbocycles. The Morgan fingerprint density at radius 3 is 2.83 bits per heavy atom. The van der Waals surface area contributed by atoms with Crippen LogP contribution in [-0.2, 0) is 9.53 Å². The molecule has 0 amide bonds. The normalized spacial score (nSPS) is 27.7. The van der Waals surface area contributed by atoms with Crippen LogP contribution in [0.15, 0.2) is 17.6 Å². The molecule has 1 fully saturated rings. The number of aliphatic hydroxyl groups is 3. The van der Waals surface area contributed by atoms with Crippen LogP contribution in [0.1, 0.15) is 13.2 Å². The quantitative estimate of drug-likeness (QED) is 0.469. The Labute approximate surface area is 135 Å². The van der Waals surface area contributed by atoms with Gasteiger partial charge in [0.2, 0.25) is 0 Å². The van der Waals surface area contributed by atoms with Crippen molar-refractivity contribution in [2.45, 2.75) is 36.5 Å². The van der Waals surface area contributed by atoms with E-state index in [0.29, 0.717) is 16.1 Å². The van der Waals surface area contributed by atoms with Crippen molar-refractivity contribution in [2.75, 3.05) is 12.4 Å². The maximum atomic E-state index is 11.1. The molecule has 2 aromatic heterocycles. The first-order valence-electron chi connectivity index (χ1n) is 6.96. The number of fused-ring (bicyclic) bond motifs is 1. The van der Waals surface area contributed by atoms with Gasteiger partial charge in [0.1, 0.15) is 35.4 Å². The van der Waals surface area contributed by atoms with Gasteiger partial charge in [-0.05, 0) is 6.92 Å². The van der Waals surface area contributed by atoms with Crippen LogP contribution in [0, 0.1) is 0 Å². The Balaban J connectivity index is 1.94. The third-order valence-corrected chi connectivity index (χ3v) is 4.67. The number of aromatic nitrogens is 4. The van der Waals surface area contributed by atoms with Crippen molar-refractivity contribution in [2.24, 2.45) is 0 Å². The fourth-order valence-electron chi connectivity index (χ4n) is 2.39.